The maximum Gasteiger partial charge on any atom is 0.195 e. The van der Waals surface area contributed by atoms with Gasteiger partial charge in [0.25, 0.3) is 0 Å². The van der Waals surface area contributed by atoms with Crippen molar-refractivity contribution in [1.82, 2.24) is 19.7 Å². The molecular formula is C20H24N4OS. The Hall–Kier alpha value is -2.05. The van der Waals surface area contributed by atoms with Crippen LogP contribution in [0.2, 0.25) is 0 Å². The number of nitrogens with zero attached hydrogens (tertiary/aromatic N) is 4. The molecule has 136 valence electrons. The van der Waals surface area contributed by atoms with Gasteiger partial charge >= 0.3 is 0 Å². The van der Waals surface area contributed by atoms with E-state index in [1.54, 1.807) is 18.0 Å². The predicted molar refractivity (Wildman–Crippen MR) is 104 cm³/mol. The third-order valence-corrected chi connectivity index (χ3v) is 5.69. The molecule has 1 fully saturated rings. The van der Waals surface area contributed by atoms with Crippen LogP contribution in [0.4, 0.5) is 0 Å². The molecular weight excluding hydrogens is 344 g/mol. The Morgan fingerprint density at radius 1 is 1.12 bits per heavy atom. The molecule has 0 aliphatic carbocycles. The van der Waals surface area contributed by atoms with Crippen LogP contribution in [-0.4, -0.2) is 39.0 Å². The second-order valence-electron chi connectivity index (χ2n) is 6.83. The average Bonchev–Trinajstić information content (AvgIpc) is 3.33. The molecule has 26 heavy (non-hydrogen) atoms. The predicted octanol–water partition coefficient (Wildman–Crippen LogP) is 4.04. The summed E-state index contributed by atoms with van der Waals surface area (Å²) in [5, 5.41) is 9.86. The van der Waals surface area contributed by atoms with E-state index in [0.717, 1.165) is 42.7 Å². The minimum atomic E-state index is 0.664. The maximum atomic E-state index is 5.18. The zero-order valence-corrected chi connectivity index (χ0v) is 15.9. The topological polar surface area (TPSA) is 47.1 Å². The summed E-state index contributed by atoms with van der Waals surface area (Å²) in [4.78, 5) is 2.51. The van der Waals surface area contributed by atoms with Gasteiger partial charge in [-0.1, -0.05) is 30.0 Å². The van der Waals surface area contributed by atoms with Gasteiger partial charge in [0.1, 0.15) is 5.82 Å². The van der Waals surface area contributed by atoms with Crippen LogP contribution in [0.1, 0.15) is 24.2 Å². The Kier molecular flexibility index (Phi) is 5.41. The molecule has 1 saturated heterocycles. The smallest absolute Gasteiger partial charge is 0.195 e. The zero-order valence-electron chi connectivity index (χ0n) is 15.0. The lowest BCUT2D eigenvalue weighted by Crippen LogP contribution is -2.34. The van der Waals surface area contributed by atoms with Crippen LogP contribution in [0.5, 0.6) is 0 Å². The maximum absolute atomic E-state index is 5.18. The second-order valence-corrected chi connectivity index (χ2v) is 7.60. The minimum absolute atomic E-state index is 0.664. The fourth-order valence-corrected chi connectivity index (χ4v) is 4.16. The summed E-state index contributed by atoms with van der Waals surface area (Å²) in [7, 11) is 0. The Labute approximate surface area is 158 Å². The fraction of sp³-hybridized carbons (Fsp3) is 0.400. The summed E-state index contributed by atoms with van der Waals surface area (Å²) in [6.07, 6.45) is 9.05. The molecule has 1 aliphatic heterocycles. The van der Waals surface area contributed by atoms with E-state index in [9.17, 15) is 0 Å². The summed E-state index contributed by atoms with van der Waals surface area (Å²) >= 11 is 1.65. The molecule has 0 unspecified atom stereocenters. The van der Waals surface area contributed by atoms with Crippen LogP contribution >= 0.6 is 11.8 Å². The molecule has 3 aromatic rings. The first-order chi connectivity index (χ1) is 12.8. The van der Waals surface area contributed by atoms with Gasteiger partial charge in [-0.3, -0.25) is 9.47 Å². The normalized spacial score (nSPS) is 16.2. The Bertz CT molecular complexity index is 808. The van der Waals surface area contributed by atoms with Crippen molar-refractivity contribution in [2.24, 2.45) is 5.92 Å². The van der Waals surface area contributed by atoms with Crippen molar-refractivity contribution in [2.75, 3.05) is 19.3 Å². The minimum Gasteiger partial charge on any atom is -0.472 e. The van der Waals surface area contributed by atoms with E-state index < -0.39 is 0 Å². The van der Waals surface area contributed by atoms with Crippen LogP contribution in [0.25, 0.3) is 5.69 Å². The Morgan fingerprint density at radius 2 is 1.92 bits per heavy atom. The van der Waals surface area contributed by atoms with Crippen LogP contribution in [-0.2, 0) is 13.0 Å². The number of furan rings is 1. The van der Waals surface area contributed by atoms with Crippen molar-refractivity contribution in [2.45, 2.75) is 31.0 Å². The van der Waals surface area contributed by atoms with Gasteiger partial charge in [-0.05, 0) is 56.3 Å². The molecule has 1 aromatic carbocycles. The molecule has 0 spiro atoms. The number of aromatic nitrogens is 3. The Balaban J connectivity index is 1.42. The van der Waals surface area contributed by atoms with Gasteiger partial charge in [-0.2, -0.15) is 0 Å². The molecule has 0 atom stereocenters. The zero-order chi connectivity index (χ0) is 17.8. The summed E-state index contributed by atoms with van der Waals surface area (Å²) in [5.41, 5.74) is 2.41. The highest BCUT2D eigenvalue weighted by Gasteiger charge is 2.23. The van der Waals surface area contributed by atoms with Crippen LogP contribution in [0, 0.1) is 5.92 Å². The van der Waals surface area contributed by atoms with E-state index >= 15 is 0 Å². The van der Waals surface area contributed by atoms with Crippen molar-refractivity contribution in [1.29, 1.82) is 0 Å². The third kappa shape index (κ3) is 3.86. The largest absolute Gasteiger partial charge is 0.472 e. The second kappa shape index (κ2) is 8.10. The first-order valence-corrected chi connectivity index (χ1v) is 10.3. The van der Waals surface area contributed by atoms with E-state index in [-0.39, 0.29) is 0 Å². The number of benzene rings is 1. The highest BCUT2D eigenvalue weighted by atomic mass is 32.2. The van der Waals surface area contributed by atoms with E-state index in [0.29, 0.717) is 5.92 Å². The van der Waals surface area contributed by atoms with E-state index in [4.69, 9.17) is 4.42 Å². The lowest BCUT2D eigenvalue weighted by Gasteiger charge is -2.31. The van der Waals surface area contributed by atoms with Gasteiger partial charge in [0, 0.05) is 24.2 Å². The molecule has 0 amide bonds. The van der Waals surface area contributed by atoms with E-state index in [2.05, 4.69) is 56.3 Å². The quantitative estimate of drug-likeness (QED) is 0.615. The molecule has 1 aliphatic rings. The molecule has 2 aromatic heterocycles. The van der Waals surface area contributed by atoms with Crippen molar-refractivity contribution < 1.29 is 4.42 Å². The van der Waals surface area contributed by atoms with Gasteiger partial charge in [0.05, 0.1) is 12.5 Å². The van der Waals surface area contributed by atoms with Gasteiger partial charge in [0.15, 0.2) is 5.16 Å². The average molecular weight is 369 g/mol. The molecule has 0 N–H and O–H groups in total. The van der Waals surface area contributed by atoms with Crippen LogP contribution in [0.3, 0.4) is 0 Å². The highest BCUT2D eigenvalue weighted by Crippen LogP contribution is 2.26. The lowest BCUT2D eigenvalue weighted by molar-refractivity contribution is 0.175. The number of rotatable bonds is 6. The Morgan fingerprint density at radius 3 is 2.62 bits per heavy atom. The van der Waals surface area contributed by atoms with Gasteiger partial charge in [-0.25, -0.2) is 0 Å². The molecule has 4 rings (SSSR count). The number of piperidine rings is 1. The number of thioether (sulfide) groups is 1. The van der Waals surface area contributed by atoms with E-state index in [1.807, 2.05) is 12.3 Å². The summed E-state index contributed by atoms with van der Waals surface area (Å²) in [6.45, 7) is 3.25. The number of likely N-dealkylation sites (tertiary alicyclic amines) is 1. The molecule has 3 heterocycles. The van der Waals surface area contributed by atoms with Gasteiger partial charge in [-0.15, -0.1) is 10.2 Å². The lowest BCUT2D eigenvalue weighted by atomic mass is 9.93. The van der Waals surface area contributed by atoms with Crippen molar-refractivity contribution >= 4 is 11.8 Å². The van der Waals surface area contributed by atoms with Crippen LogP contribution < -0.4 is 0 Å². The monoisotopic (exact) mass is 368 g/mol. The van der Waals surface area contributed by atoms with E-state index in [1.165, 1.54) is 18.4 Å². The fourth-order valence-electron chi connectivity index (χ4n) is 3.65. The molecule has 0 saturated carbocycles. The highest BCUT2D eigenvalue weighted by molar-refractivity contribution is 7.98. The van der Waals surface area contributed by atoms with Gasteiger partial charge < -0.3 is 4.42 Å². The number of hydrogen-bond donors (Lipinski definition) is 0. The molecule has 6 heteroatoms. The molecule has 0 radical (unpaired) electrons. The van der Waals surface area contributed by atoms with Crippen molar-refractivity contribution in [3.8, 4) is 5.69 Å². The summed E-state index contributed by atoms with van der Waals surface area (Å²) in [5.74, 6) is 1.74. The first kappa shape index (κ1) is 17.4. The van der Waals surface area contributed by atoms with Crippen LogP contribution in [0.15, 0.2) is 58.5 Å². The summed E-state index contributed by atoms with van der Waals surface area (Å²) < 4.78 is 7.39. The van der Waals surface area contributed by atoms with Gasteiger partial charge in [0.2, 0.25) is 0 Å². The molecule has 5 nitrogen and oxygen atoms in total. The third-order valence-electron chi connectivity index (χ3n) is 5.06. The summed E-state index contributed by atoms with van der Waals surface area (Å²) in [6, 6.07) is 12.5. The SMILES string of the molecule is CSc1nnc(CC2CCN(Cc3ccoc3)CC2)n1-c1ccccc1. The first-order valence-electron chi connectivity index (χ1n) is 9.10. The number of para-hydroxylation sites is 1. The standard InChI is InChI=1S/C20H24N4OS/c1-26-20-22-21-19(24(20)18-5-3-2-4-6-18)13-16-7-10-23(11-8-16)14-17-9-12-25-15-17/h2-6,9,12,15-16H,7-8,10-11,13-14H2,1H3. The van der Waals surface area contributed by atoms with Crippen molar-refractivity contribution in [3.63, 3.8) is 0 Å². The number of hydrogen-bond acceptors (Lipinski definition) is 5. The molecule has 0 bridgehead atoms. The van der Waals surface area contributed by atoms with Crippen molar-refractivity contribution in [3.05, 3.63) is 60.3 Å².